The van der Waals surface area contributed by atoms with Gasteiger partial charge in [-0.25, -0.2) is 0 Å². The highest BCUT2D eigenvalue weighted by Crippen LogP contribution is 2.49. The van der Waals surface area contributed by atoms with Crippen LogP contribution < -0.4 is 0 Å². The van der Waals surface area contributed by atoms with E-state index >= 15 is 0 Å². The smallest absolute Gasteiger partial charge is 0.0702 e. The summed E-state index contributed by atoms with van der Waals surface area (Å²) in [5.41, 5.74) is 2.30. The molecule has 3 unspecified atom stereocenters. The molecule has 3 atom stereocenters. The Morgan fingerprint density at radius 3 is 2.84 bits per heavy atom. The maximum atomic E-state index is 9.53. The summed E-state index contributed by atoms with van der Waals surface area (Å²) < 4.78 is 2.38. The minimum absolute atomic E-state index is 0.137. The van der Waals surface area contributed by atoms with Crippen LogP contribution in [0, 0.1) is 17.8 Å². The number of benzene rings is 1. The number of rotatable bonds is 3. The Kier molecular flexibility index (Phi) is 2.66. The van der Waals surface area contributed by atoms with Crippen molar-refractivity contribution in [2.75, 3.05) is 0 Å². The third-order valence-corrected chi connectivity index (χ3v) is 5.36. The molecule has 2 aromatic rings. The summed E-state index contributed by atoms with van der Waals surface area (Å²) in [6.45, 7) is 1.28. The lowest BCUT2D eigenvalue weighted by atomic mass is 9.89. The largest absolute Gasteiger partial charge is 0.392 e. The second kappa shape index (κ2) is 4.38. The molecule has 4 rings (SSSR count). The minimum Gasteiger partial charge on any atom is -0.392 e. The summed E-state index contributed by atoms with van der Waals surface area (Å²) in [5, 5.41) is 10.8. The van der Waals surface area contributed by atoms with E-state index in [9.17, 15) is 5.11 Å². The van der Waals surface area contributed by atoms with Crippen LogP contribution in [0.5, 0.6) is 0 Å². The van der Waals surface area contributed by atoms with E-state index < -0.39 is 0 Å². The molecule has 0 spiro atoms. The Morgan fingerprint density at radius 1 is 1.16 bits per heavy atom. The van der Waals surface area contributed by atoms with Crippen molar-refractivity contribution >= 4 is 10.9 Å². The summed E-state index contributed by atoms with van der Waals surface area (Å²) >= 11 is 0. The molecule has 2 bridgehead atoms. The van der Waals surface area contributed by atoms with Gasteiger partial charge in [0.2, 0.25) is 0 Å². The van der Waals surface area contributed by atoms with E-state index in [0.29, 0.717) is 0 Å². The monoisotopic (exact) mass is 255 g/mol. The number of hydrogen-bond acceptors (Lipinski definition) is 1. The van der Waals surface area contributed by atoms with E-state index in [1.54, 1.807) is 0 Å². The quantitative estimate of drug-likeness (QED) is 0.891. The van der Waals surface area contributed by atoms with Crippen LogP contribution in [0.4, 0.5) is 0 Å². The molecule has 100 valence electrons. The van der Waals surface area contributed by atoms with Crippen LogP contribution in [0.1, 0.15) is 31.2 Å². The zero-order chi connectivity index (χ0) is 12.8. The zero-order valence-corrected chi connectivity index (χ0v) is 11.3. The second-order valence-electron chi connectivity index (χ2n) is 6.42. The van der Waals surface area contributed by atoms with Crippen LogP contribution in [0.3, 0.4) is 0 Å². The van der Waals surface area contributed by atoms with E-state index in [1.807, 2.05) is 12.1 Å². The Balaban J connectivity index is 1.68. The van der Waals surface area contributed by atoms with Gasteiger partial charge in [0.15, 0.2) is 0 Å². The van der Waals surface area contributed by atoms with Crippen molar-refractivity contribution in [1.82, 2.24) is 4.57 Å². The minimum atomic E-state index is 0.137. The van der Waals surface area contributed by atoms with Crippen molar-refractivity contribution in [2.24, 2.45) is 17.8 Å². The van der Waals surface area contributed by atoms with Gasteiger partial charge in [0.05, 0.1) is 12.1 Å². The molecule has 2 fully saturated rings. The van der Waals surface area contributed by atoms with Crippen molar-refractivity contribution in [3.8, 4) is 0 Å². The van der Waals surface area contributed by atoms with Crippen LogP contribution in [-0.2, 0) is 13.2 Å². The standard InChI is InChI=1S/C17H21NO/c19-11-15-3-1-2-13-6-7-18(17(13)15)10-16-9-12-4-5-14(16)8-12/h1-3,6-7,12,14,16,19H,4-5,8-11H2. The van der Waals surface area contributed by atoms with Gasteiger partial charge in [-0.05, 0) is 48.5 Å². The van der Waals surface area contributed by atoms with Gasteiger partial charge in [-0.1, -0.05) is 24.6 Å². The Labute approximate surface area is 114 Å². The number of aliphatic hydroxyl groups is 1. The van der Waals surface area contributed by atoms with Crippen LogP contribution >= 0.6 is 0 Å². The van der Waals surface area contributed by atoms with E-state index in [1.165, 1.54) is 36.6 Å². The molecule has 0 amide bonds. The first-order chi connectivity index (χ1) is 9.35. The molecule has 1 aromatic carbocycles. The van der Waals surface area contributed by atoms with E-state index in [-0.39, 0.29) is 6.61 Å². The summed E-state index contributed by atoms with van der Waals surface area (Å²) in [6, 6.07) is 8.41. The first-order valence-electron chi connectivity index (χ1n) is 7.52. The zero-order valence-electron chi connectivity index (χ0n) is 11.3. The SMILES string of the molecule is OCc1cccc2ccn(CC3CC4CCC3C4)c12. The molecule has 0 radical (unpaired) electrons. The van der Waals surface area contributed by atoms with Crippen molar-refractivity contribution < 1.29 is 5.11 Å². The van der Waals surface area contributed by atoms with Crippen LogP contribution in [-0.4, -0.2) is 9.67 Å². The van der Waals surface area contributed by atoms with Gasteiger partial charge in [-0.3, -0.25) is 0 Å². The highest BCUT2D eigenvalue weighted by atomic mass is 16.3. The highest BCUT2D eigenvalue weighted by molar-refractivity contribution is 5.83. The lowest BCUT2D eigenvalue weighted by Crippen LogP contribution is -2.17. The van der Waals surface area contributed by atoms with E-state index in [4.69, 9.17) is 0 Å². The van der Waals surface area contributed by atoms with Crippen LogP contribution in [0.15, 0.2) is 30.5 Å². The summed E-state index contributed by atoms with van der Waals surface area (Å²) in [6.07, 6.45) is 8.01. The van der Waals surface area contributed by atoms with E-state index in [2.05, 4.69) is 22.9 Å². The van der Waals surface area contributed by atoms with Crippen molar-refractivity contribution in [2.45, 2.75) is 38.8 Å². The molecule has 2 heteroatoms. The second-order valence-corrected chi connectivity index (χ2v) is 6.42. The lowest BCUT2D eigenvalue weighted by molar-refractivity contribution is 0.280. The average molecular weight is 255 g/mol. The summed E-state index contributed by atoms with van der Waals surface area (Å²) in [7, 11) is 0. The number of hydrogen-bond donors (Lipinski definition) is 1. The van der Waals surface area contributed by atoms with E-state index in [0.717, 1.165) is 29.9 Å². The number of nitrogens with zero attached hydrogens (tertiary/aromatic N) is 1. The fourth-order valence-corrected chi connectivity index (χ4v) is 4.47. The molecule has 19 heavy (non-hydrogen) atoms. The molecule has 2 aliphatic rings. The van der Waals surface area contributed by atoms with Gasteiger partial charge >= 0.3 is 0 Å². The van der Waals surface area contributed by atoms with Gasteiger partial charge in [-0.15, -0.1) is 0 Å². The van der Waals surface area contributed by atoms with Crippen LogP contribution in [0.25, 0.3) is 10.9 Å². The molecular weight excluding hydrogens is 234 g/mol. The fourth-order valence-electron chi connectivity index (χ4n) is 4.47. The summed E-state index contributed by atoms with van der Waals surface area (Å²) in [4.78, 5) is 0. The normalized spacial score (nSPS) is 29.4. The van der Waals surface area contributed by atoms with Gasteiger partial charge in [-0.2, -0.15) is 0 Å². The highest BCUT2D eigenvalue weighted by Gasteiger charge is 2.39. The molecule has 0 aliphatic heterocycles. The van der Waals surface area contributed by atoms with Gasteiger partial charge < -0.3 is 9.67 Å². The molecule has 2 aliphatic carbocycles. The van der Waals surface area contributed by atoms with Crippen molar-refractivity contribution in [3.63, 3.8) is 0 Å². The molecule has 2 nitrogen and oxygen atoms in total. The van der Waals surface area contributed by atoms with Crippen molar-refractivity contribution in [3.05, 3.63) is 36.0 Å². The number of aromatic nitrogens is 1. The fraction of sp³-hybridized carbons (Fsp3) is 0.529. The molecule has 0 saturated heterocycles. The lowest BCUT2D eigenvalue weighted by Gasteiger charge is -2.23. The predicted molar refractivity (Wildman–Crippen MR) is 76.8 cm³/mol. The predicted octanol–water partition coefficient (Wildman–Crippen LogP) is 3.57. The molecule has 2 saturated carbocycles. The van der Waals surface area contributed by atoms with Crippen molar-refractivity contribution in [1.29, 1.82) is 0 Å². The molecule has 1 aromatic heterocycles. The first kappa shape index (κ1) is 11.5. The van der Waals surface area contributed by atoms with Crippen LogP contribution in [0.2, 0.25) is 0 Å². The first-order valence-corrected chi connectivity index (χ1v) is 7.52. The Morgan fingerprint density at radius 2 is 2.11 bits per heavy atom. The molecule has 1 N–H and O–H groups in total. The maximum Gasteiger partial charge on any atom is 0.0702 e. The van der Waals surface area contributed by atoms with Gasteiger partial charge in [0, 0.05) is 18.3 Å². The number of para-hydroxylation sites is 1. The molecule has 1 heterocycles. The third kappa shape index (κ3) is 1.81. The Hall–Kier alpha value is -1.28. The third-order valence-electron chi connectivity index (χ3n) is 5.36. The topological polar surface area (TPSA) is 25.2 Å². The molecular formula is C17H21NO. The van der Waals surface area contributed by atoms with Gasteiger partial charge in [0.1, 0.15) is 0 Å². The number of fused-ring (bicyclic) bond motifs is 3. The Bertz CT molecular complexity index is 600. The number of aliphatic hydroxyl groups excluding tert-OH is 1. The van der Waals surface area contributed by atoms with Gasteiger partial charge in [0.25, 0.3) is 0 Å². The maximum absolute atomic E-state index is 9.53. The average Bonchev–Trinajstić information content (AvgIpc) is 3.14. The summed E-state index contributed by atoms with van der Waals surface area (Å²) in [5.74, 6) is 2.83.